The van der Waals surface area contributed by atoms with Gasteiger partial charge in [-0.05, 0) is 32.0 Å². The number of fused-ring (bicyclic) bond motifs is 3. The fourth-order valence-electron chi connectivity index (χ4n) is 3.68. The molecule has 0 fully saturated rings. The maximum Gasteiger partial charge on any atom is 0.417 e. The van der Waals surface area contributed by atoms with Crippen LogP contribution in [0.25, 0.3) is 11.0 Å². The van der Waals surface area contributed by atoms with E-state index in [9.17, 15) is 18.0 Å². The number of nitrogen functional groups attached to an aromatic ring is 1. The predicted molar refractivity (Wildman–Crippen MR) is 103 cm³/mol. The smallest absolute Gasteiger partial charge is 0.383 e. The minimum Gasteiger partial charge on any atom is -0.383 e. The van der Waals surface area contributed by atoms with Gasteiger partial charge in [0.25, 0.3) is 5.91 Å². The highest BCUT2D eigenvalue weighted by molar-refractivity contribution is 5.98. The maximum atomic E-state index is 13.2. The van der Waals surface area contributed by atoms with Crippen LogP contribution in [0, 0.1) is 0 Å². The molecule has 4 heterocycles. The number of nitrogens with zero attached hydrogens (tertiary/aromatic N) is 3. The quantitative estimate of drug-likeness (QED) is 0.670. The molecule has 0 aromatic carbocycles. The highest BCUT2D eigenvalue weighted by Gasteiger charge is 2.32. The Morgan fingerprint density at radius 2 is 2.07 bits per heavy atom. The molecule has 158 valence electrons. The number of ether oxygens (including phenoxy) is 1. The van der Waals surface area contributed by atoms with Crippen molar-refractivity contribution in [3.8, 4) is 0 Å². The Morgan fingerprint density at radius 1 is 1.33 bits per heavy atom. The van der Waals surface area contributed by atoms with Gasteiger partial charge in [0.1, 0.15) is 11.5 Å². The van der Waals surface area contributed by atoms with Crippen LogP contribution in [-0.4, -0.2) is 32.3 Å². The van der Waals surface area contributed by atoms with E-state index in [1.165, 1.54) is 11.0 Å². The minimum atomic E-state index is -4.46. The van der Waals surface area contributed by atoms with Gasteiger partial charge in [-0.2, -0.15) is 13.2 Å². The summed E-state index contributed by atoms with van der Waals surface area (Å²) in [5, 5.41) is 0. The highest BCUT2D eigenvalue weighted by Crippen LogP contribution is 2.32. The van der Waals surface area contributed by atoms with Gasteiger partial charge in [-0.3, -0.25) is 9.78 Å². The van der Waals surface area contributed by atoms with Crippen molar-refractivity contribution in [2.75, 3.05) is 12.3 Å². The molecule has 0 saturated carbocycles. The lowest BCUT2D eigenvalue weighted by molar-refractivity contribution is -0.137. The van der Waals surface area contributed by atoms with Crippen molar-refractivity contribution in [1.82, 2.24) is 19.9 Å². The maximum absolute atomic E-state index is 13.2. The highest BCUT2D eigenvalue weighted by atomic mass is 19.4. The summed E-state index contributed by atoms with van der Waals surface area (Å²) in [4.78, 5) is 26.1. The van der Waals surface area contributed by atoms with E-state index in [-0.39, 0.29) is 5.91 Å². The normalized spacial score (nSPS) is 14.7. The molecule has 10 heteroatoms. The largest absolute Gasteiger partial charge is 0.417 e. The third-order valence-electron chi connectivity index (χ3n) is 5.35. The van der Waals surface area contributed by atoms with E-state index in [4.69, 9.17) is 10.5 Å². The molecular formula is C20H20F3N5O2. The van der Waals surface area contributed by atoms with Gasteiger partial charge in [-0.1, -0.05) is 0 Å². The average molecular weight is 419 g/mol. The van der Waals surface area contributed by atoms with Gasteiger partial charge in [0, 0.05) is 23.9 Å². The summed E-state index contributed by atoms with van der Waals surface area (Å²) in [6, 6.07) is 3.36. The van der Waals surface area contributed by atoms with Gasteiger partial charge < -0.3 is 20.4 Å². The Balaban J connectivity index is 1.64. The third-order valence-corrected chi connectivity index (χ3v) is 5.35. The first-order valence-corrected chi connectivity index (χ1v) is 9.42. The average Bonchev–Trinajstić information content (AvgIpc) is 3.35. The predicted octanol–water partition coefficient (Wildman–Crippen LogP) is 3.81. The molecule has 1 aliphatic heterocycles. The van der Waals surface area contributed by atoms with Crippen molar-refractivity contribution in [3.63, 3.8) is 0 Å². The molecule has 3 aromatic rings. The first-order chi connectivity index (χ1) is 14.2. The van der Waals surface area contributed by atoms with Crippen molar-refractivity contribution < 1.29 is 22.7 Å². The molecule has 1 atom stereocenters. The lowest BCUT2D eigenvalue weighted by Gasteiger charge is -2.27. The molecular weight excluding hydrogens is 399 g/mol. The molecule has 30 heavy (non-hydrogen) atoms. The molecule has 0 unspecified atom stereocenters. The van der Waals surface area contributed by atoms with Gasteiger partial charge in [0.2, 0.25) is 0 Å². The summed E-state index contributed by atoms with van der Waals surface area (Å²) in [5.74, 6) is 0.0682. The number of halogens is 3. The third kappa shape index (κ3) is 3.36. The zero-order valence-electron chi connectivity index (χ0n) is 16.4. The standard InChI is InChI=1S/C20H20F3N5O2/c1-3-28(10(2)14-5-4-11(7-25-14)20(21,22)23)19(29)16-6-15-17(26-16)12-8-30-9-13(12)18(24)27-15/h4-7,10,26H,3,8-9H2,1-2H3,(H2,24,27)/t10-/m0/s1. The summed E-state index contributed by atoms with van der Waals surface area (Å²) < 4.78 is 43.8. The molecule has 3 aromatic heterocycles. The first kappa shape index (κ1) is 20.1. The van der Waals surface area contributed by atoms with E-state index in [0.29, 0.717) is 48.0 Å². The summed E-state index contributed by atoms with van der Waals surface area (Å²) in [5.41, 5.74) is 8.82. The number of amides is 1. The fraction of sp³-hybridized carbons (Fsp3) is 0.350. The Morgan fingerprint density at radius 3 is 2.70 bits per heavy atom. The summed E-state index contributed by atoms with van der Waals surface area (Å²) in [6.07, 6.45) is -3.68. The number of pyridine rings is 2. The number of nitrogens with two attached hydrogens (primary N) is 1. The van der Waals surface area contributed by atoms with Crippen LogP contribution in [0.5, 0.6) is 0 Å². The molecule has 0 radical (unpaired) electrons. The van der Waals surface area contributed by atoms with Crippen molar-refractivity contribution in [1.29, 1.82) is 0 Å². The number of rotatable bonds is 4. The van der Waals surface area contributed by atoms with Crippen LogP contribution < -0.4 is 5.73 Å². The number of aromatic nitrogens is 3. The van der Waals surface area contributed by atoms with Gasteiger partial charge in [0.05, 0.1) is 41.5 Å². The number of alkyl halides is 3. The Hall–Kier alpha value is -3.14. The van der Waals surface area contributed by atoms with Crippen LogP contribution in [-0.2, 0) is 24.1 Å². The Bertz CT molecular complexity index is 1110. The second kappa shape index (κ2) is 7.28. The van der Waals surface area contributed by atoms with Crippen LogP contribution >= 0.6 is 0 Å². The van der Waals surface area contributed by atoms with Gasteiger partial charge in [-0.25, -0.2) is 4.98 Å². The Labute approximate surface area is 170 Å². The topological polar surface area (TPSA) is 97.1 Å². The summed E-state index contributed by atoms with van der Waals surface area (Å²) in [7, 11) is 0. The van der Waals surface area contributed by atoms with Crippen LogP contribution in [0.1, 0.15) is 52.8 Å². The van der Waals surface area contributed by atoms with Crippen molar-refractivity contribution in [2.24, 2.45) is 0 Å². The number of anilines is 1. The van der Waals surface area contributed by atoms with Crippen LogP contribution in [0.4, 0.5) is 19.0 Å². The van der Waals surface area contributed by atoms with Gasteiger partial charge in [-0.15, -0.1) is 0 Å². The molecule has 0 bridgehead atoms. The molecule has 0 saturated heterocycles. The van der Waals surface area contributed by atoms with E-state index in [1.54, 1.807) is 19.9 Å². The monoisotopic (exact) mass is 419 g/mol. The number of H-pyrrole nitrogens is 1. The van der Waals surface area contributed by atoms with E-state index in [1.807, 2.05) is 0 Å². The van der Waals surface area contributed by atoms with Crippen LogP contribution in [0.2, 0.25) is 0 Å². The number of hydrogen-bond donors (Lipinski definition) is 2. The van der Waals surface area contributed by atoms with E-state index in [2.05, 4.69) is 15.0 Å². The first-order valence-electron chi connectivity index (χ1n) is 9.42. The lowest BCUT2D eigenvalue weighted by atomic mass is 10.1. The van der Waals surface area contributed by atoms with E-state index >= 15 is 0 Å². The van der Waals surface area contributed by atoms with Crippen LogP contribution in [0.15, 0.2) is 24.4 Å². The van der Waals surface area contributed by atoms with Crippen LogP contribution in [0.3, 0.4) is 0 Å². The summed E-state index contributed by atoms with van der Waals surface area (Å²) >= 11 is 0. The molecule has 0 aliphatic carbocycles. The Kier molecular flexibility index (Phi) is 4.89. The van der Waals surface area contributed by atoms with Gasteiger partial charge >= 0.3 is 6.18 Å². The second-order valence-electron chi connectivity index (χ2n) is 7.13. The van der Waals surface area contributed by atoms with Crippen molar-refractivity contribution in [3.05, 3.63) is 52.5 Å². The lowest BCUT2D eigenvalue weighted by Crippen LogP contribution is -2.34. The number of hydrogen-bond acceptors (Lipinski definition) is 5. The molecule has 1 amide bonds. The molecule has 7 nitrogen and oxygen atoms in total. The zero-order chi connectivity index (χ0) is 21.6. The second-order valence-corrected chi connectivity index (χ2v) is 7.13. The minimum absolute atomic E-state index is 0.309. The number of carbonyl (C=O) groups is 1. The SMILES string of the molecule is CCN(C(=O)c1cc2nc(N)c3c(c2[nH]1)COC3)[C@@H](C)c1ccc(C(F)(F)F)cn1. The number of carbonyl (C=O) groups excluding carboxylic acids is 1. The van der Waals surface area contributed by atoms with E-state index < -0.39 is 17.8 Å². The van der Waals surface area contributed by atoms with E-state index in [0.717, 1.165) is 23.4 Å². The van der Waals surface area contributed by atoms with Gasteiger partial charge in [0.15, 0.2) is 0 Å². The zero-order valence-corrected chi connectivity index (χ0v) is 16.4. The molecule has 1 aliphatic rings. The summed E-state index contributed by atoms with van der Waals surface area (Å²) in [6.45, 7) is 4.62. The number of nitrogens with one attached hydrogen (secondary N) is 1. The number of aromatic amines is 1. The molecule has 4 rings (SSSR count). The van der Waals surface area contributed by atoms with Crippen molar-refractivity contribution >= 4 is 22.8 Å². The fourth-order valence-corrected chi connectivity index (χ4v) is 3.68. The molecule has 0 spiro atoms. The molecule has 3 N–H and O–H groups in total. The van der Waals surface area contributed by atoms with Crippen molar-refractivity contribution in [2.45, 2.75) is 39.3 Å².